The highest BCUT2D eigenvalue weighted by molar-refractivity contribution is 5.84. The Balaban J connectivity index is 1.52. The summed E-state index contributed by atoms with van der Waals surface area (Å²) in [5.74, 6) is 1.01. The van der Waals surface area contributed by atoms with E-state index in [9.17, 15) is 0 Å². The molecule has 2 atom stereocenters. The molecule has 0 amide bonds. The molecule has 6 rings (SSSR count). The van der Waals surface area contributed by atoms with E-state index in [4.69, 9.17) is 0 Å². The fourth-order valence-corrected chi connectivity index (χ4v) is 5.60. The van der Waals surface area contributed by atoms with Crippen molar-refractivity contribution in [3.63, 3.8) is 0 Å². The molecule has 0 spiro atoms. The van der Waals surface area contributed by atoms with Gasteiger partial charge in [-0.3, -0.25) is 0 Å². The Kier molecular flexibility index (Phi) is 3.14. The van der Waals surface area contributed by atoms with E-state index >= 15 is 0 Å². The number of allylic oxidation sites excluding steroid dienone is 2. The largest absolute Gasteiger partial charge is 0.0622 e. The van der Waals surface area contributed by atoms with Crippen molar-refractivity contribution in [1.82, 2.24) is 0 Å². The summed E-state index contributed by atoms with van der Waals surface area (Å²) in [6.45, 7) is 2.31. The van der Waals surface area contributed by atoms with Crippen LogP contribution < -0.4 is 0 Å². The molecule has 0 heteroatoms. The van der Waals surface area contributed by atoms with E-state index in [1.165, 1.54) is 51.8 Å². The smallest absolute Gasteiger partial charge is 0.0273 e. The van der Waals surface area contributed by atoms with E-state index in [-0.39, 0.29) is 0 Å². The summed E-state index contributed by atoms with van der Waals surface area (Å²) in [6, 6.07) is 24.6. The Morgan fingerprint density at radius 1 is 0.778 bits per heavy atom. The molecule has 0 fully saturated rings. The molecule has 0 aliphatic heterocycles. The highest BCUT2D eigenvalue weighted by Gasteiger charge is 2.38. The van der Waals surface area contributed by atoms with Gasteiger partial charge in [0.1, 0.15) is 0 Å². The zero-order valence-electron chi connectivity index (χ0n) is 15.6. The monoisotopic (exact) mass is 346 g/mol. The third-order valence-electron chi connectivity index (χ3n) is 6.68. The molecule has 0 saturated heterocycles. The van der Waals surface area contributed by atoms with Gasteiger partial charge in [-0.2, -0.15) is 0 Å². The van der Waals surface area contributed by atoms with Crippen LogP contribution in [0.25, 0.3) is 23.3 Å². The molecule has 3 aromatic rings. The van der Waals surface area contributed by atoms with Gasteiger partial charge in [-0.1, -0.05) is 90.0 Å². The molecule has 0 radical (unpaired) electrons. The molecule has 3 aliphatic carbocycles. The minimum atomic E-state index is 0.448. The van der Waals surface area contributed by atoms with E-state index in [0.717, 1.165) is 0 Å². The molecule has 130 valence electrons. The first-order valence-electron chi connectivity index (χ1n) is 10.0. The first-order valence-corrected chi connectivity index (χ1v) is 10.0. The summed E-state index contributed by atoms with van der Waals surface area (Å²) in [4.78, 5) is 0. The standard InChI is InChI=1S/C27H22/c1-17-15-20-9-5-6-10-22(20)25(17)24-16-21-12-11-19-13-14-23(24)27(21)26(19)18-7-3-2-4-8-18/h2-12,15-16,23,25H,13-14H2,1H3. The van der Waals surface area contributed by atoms with Gasteiger partial charge in [0, 0.05) is 11.8 Å². The number of benzene rings is 3. The number of fused-ring (bicyclic) bond motifs is 2. The lowest BCUT2D eigenvalue weighted by molar-refractivity contribution is 0.661. The van der Waals surface area contributed by atoms with Crippen molar-refractivity contribution in [1.29, 1.82) is 0 Å². The average Bonchev–Trinajstić information content (AvgIpc) is 3.25. The first-order chi connectivity index (χ1) is 13.3. The lowest BCUT2D eigenvalue weighted by Gasteiger charge is -2.30. The number of hydrogen-bond donors (Lipinski definition) is 0. The van der Waals surface area contributed by atoms with Crippen LogP contribution in [0.1, 0.15) is 53.0 Å². The van der Waals surface area contributed by atoms with Crippen molar-refractivity contribution < 1.29 is 0 Å². The van der Waals surface area contributed by atoms with Gasteiger partial charge in [-0.05, 0) is 58.7 Å². The summed E-state index contributed by atoms with van der Waals surface area (Å²) in [7, 11) is 0. The van der Waals surface area contributed by atoms with E-state index in [1.54, 1.807) is 11.1 Å². The van der Waals surface area contributed by atoms with Crippen LogP contribution in [0.3, 0.4) is 0 Å². The van der Waals surface area contributed by atoms with Crippen LogP contribution in [-0.2, 0) is 6.42 Å². The van der Waals surface area contributed by atoms with Crippen LogP contribution in [0.4, 0.5) is 0 Å². The van der Waals surface area contributed by atoms with Crippen LogP contribution in [0.15, 0.2) is 77.9 Å². The number of hydrogen-bond acceptors (Lipinski definition) is 0. The van der Waals surface area contributed by atoms with Gasteiger partial charge in [0.25, 0.3) is 0 Å². The van der Waals surface area contributed by atoms with Crippen molar-refractivity contribution in [2.75, 3.05) is 0 Å². The maximum Gasteiger partial charge on any atom is 0.0273 e. The Morgan fingerprint density at radius 2 is 1.59 bits per heavy atom. The summed E-state index contributed by atoms with van der Waals surface area (Å²) in [6.07, 6.45) is 7.31. The molecular weight excluding hydrogens is 324 g/mol. The van der Waals surface area contributed by atoms with Gasteiger partial charge in [-0.25, -0.2) is 0 Å². The van der Waals surface area contributed by atoms with Crippen LogP contribution in [0, 0.1) is 0 Å². The maximum absolute atomic E-state index is 2.51. The van der Waals surface area contributed by atoms with Crippen molar-refractivity contribution in [2.45, 2.75) is 31.6 Å². The topological polar surface area (TPSA) is 0 Å². The third kappa shape index (κ3) is 2.10. The second kappa shape index (κ2) is 5.57. The normalized spacial score (nSPS) is 21.7. The summed E-state index contributed by atoms with van der Waals surface area (Å²) in [5, 5.41) is 0. The third-order valence-corrected chi connectivity index (χ3v) is 6.68. The predicted octanol–water partition coefficient (Wildman–Crippen LogP) is 6.98. The Hall–Kier alpha value is -2.86. The molecule has 0 N–H and O–H groups in total. The van der Waals surface area contributed by atoms with Gasteiger partial charge < -0.3 is 0 Å². The van der Waals surface area contributed by atoms with Crippen molar-refractivity contribution in [3.05, 3.63) is 106 Å². The number of rotatable bonds is 2. The van der Waals surface area contributed by atoms with Crippen LogP contribution in [-0.4, -0.2) is 0 Å². The van der Waals surface area contributed by atoms with Crippen LogP contribution >= 0.6 is 0 Å². The number of aryl methyl sites for hydroxylation is 1. The lowest BCUT2D eigenvalue weighted by Crippen LogP contribution is -2.14. The van der Waals surface area contributed by atoms with Gasteiger partial charge in [0.05, 0.1) is 0 Å². The average molecular weight is 346 g/mol. The zero-order chi connectivity index (χ0) is 18.0. The Bertz CT molecular complexity index is 1130. The van der Waals surface area contributed by atoms with E-state index in [0.29, 0.717) is 11.8 Å². The molecule has 0 nitrogen and oxygen atoms in total. The maximum atomic E-state index is 2.51. The fourth-order valence-electron chi connectivity index (χ4n) is 5.60. The Labute approximate surface area is 160 Å². The van der Waals surface area contributed by atoms with E-state index < -0.39 is 0 Å². The summed E-state index contributed by atoms with van der Waals surface area (Å²) >= 11 is 0. The predicted molar refractivity (Wildman–Crippen MR) is 114 cm³/mol. The van der Waals surface area contributed by atoms with Crippen LogP contribution in [0.5, 0.6) is 0 Å². The minimum Gasteiger partial charge on any atom is -0.0622 e. The first kappa shape index (κ1) is 15.2. The Morgan fingerprint density at radius 3 is 2.48 bits per heavy atom. The van der Waals surface area contributed by atoms with E-state index in [2.05, 4.69) is 85.8 Å². The second-order valence-electron chi connectivity index (χ2n) is 8.15. The fraction of sp³-hybridized carbons (Fsp3) is 0.185. The molecule has 0 heterocycles. The zero-order valence-corrected chi connectivity index (χ0v) is 15.6. The summed E-state index contributed by atoms with van der Waals surface area (Å²) in [5.41, 5.74) is 13.4. The van der Waals surface area contributed by atoms with E-state index in [1.807, 2.05) is 0 Å². The molecule has 0 aromatic heterocycles. The quantitative estimate of drug-likeness (QED) is 0.469. The van der Waals surface area contributed by atoms with Crippen molar-refractivity contribution in [2.24, 2.45) is 0 Å². The van der Waals surface area contributed by atoms with Crippen LogP contribution in [0.2, 0.25) is 0 Å². The second-order valence-corrected chi connectivity index (χ2v) is 8.15. The van der Waals surface area contributed by atoms with Gasteiger partial charge in [-0.15, -0.1) is 0 Å². The minimum absolute atomic E-state index is 0.448. The van der Waals surface area contributed by atoms with Gasteiger partial charge in [0.2, 0.25) is 0 Å². The summed E-state index contributed by atoms with van der Waals surface area (Å²) < 4.78 is 0. The SMILES string of the molecule is CC1=Cc2ccccc2C1C1=Cc2ccc3c(-c4ccccc4)c2C1CC3. The molecular formula is C27H22. The molecule has 0 saturated carbocycles. The molecule has 3 aliphatic rings. The molecule has 2 unspecified atom stereocenters. The van der Waals surface area contributed by atoms with Crippen molar-refractivity contribution >= 4 is 12.2 Å². The molecule has 2 bridgehead atoms. The molecule has 27 heavy (non-hydrogen) atoms. The van der Waals surface area contributed by atoms with Crippen molar-refractivity contribution in [3.8, 4) is 11.1 Å². The lowest BCUT2D eigenvalue weighted by atomic mass is 9.73. The van der Waals surface area contributed by atoms with Gasteiger partial charge >= 0.3 is 0 Å². The van der Waals surface area contributed by atoms with Gasteiger partial charge in [0.15, 0.2) is 0 Å². The highest BCUT2D eigenvalue weighted by Crippen LogP contribution is 2.55. The highest BCUT2D eigenvalue weighted by atomic mass is 14.4. The molecule has 3 aromatic carbocycles.